The summed E-state index contributed by atoms with van der Waals surface area (Å²) in [5, 5.41) is 13.0. The molecule has 0 radical (unpaired) electrons. The van der Waals surface area contributed by atoms with E-state index < -0.39 is 5.97 Å². The van der Waals surface area contributed by atoms with E-state index in [9.17, 15) is 14.3 Å². The van der Waals surface area contributed by atoms with Crippen LogP contribution in [0.25, 0.3) is 0 Å². The molecule has 0 aromatic heterocycles. The third-order valence-corrected chi connectivity index (χ3v) is 5.35. The maximum atomic E-state index is 13.3. The first-order valence-electron chi connectivity index (χ1n) is 7.80. The molecule has 0 spiro atoms. The van der Waals surface area contributed by atoms with Gasteiger partial charge >= 0.3 is 5.97 Å². The van der Waals surface area contributed by atoms with Crippen LogP contribution in [0.4, 0.5) is 10.1 Å². The van der Waals surface area contributed by atoms with Gasteiger partial charge in [-0.1, -0.05) is 40.2 Å². The van der Waals surface area contributed by atoms with Gasteiger partial charge in [0.1, 0.15) is 5.82 Å². The van der Waals surface area contributed by atoms with Crippen molar-refractivity contribution in [2.45, 2.75) is 18.4 Å². The molecule has 0 bridgehead atoms. The fraction of sp³-hybridized carbons (Fsp3) is 0.211. The number of halogens is 2. The lowest BCUT2D eigenvalue weighted by Gasteiger charge is -2.38. The molecule has 1 aliphatic carbocycles. The van der Waals surface area contributed by atoms with Crippen molar-refractivity contribution in [2.24, 2.45) is 5.92 Å². The van der Waals surface area contributed by atoms with Gasteiger partial charge < -0.3 is 10.4 Å². The van der Waals surface area contributed by atoms with Crippen LogP contribution in [0.5, 0.6) is 0 Å². The summed E-state index contributed by atoms with van der Waals surface area (Å²) in [4.78, 5) is 11.7. The Hall–Kier alpha value is -2.14. The highest BCUT2D eigenvalue weighted by Gasteiger charge is 2.39. The van der Waals surface area contributed by atoms with Gasteiger partial charge in [-0.2, -0.15) is 0 Å². The van der Waals surface area contributed by atoms with Crippen molar-refractivity contribution in [1.29, 1.82) is 0 Å². The van der Waals surface area contributed by atoms with Crippen LogP contribution in [0, 0.1) is 11.7 Å². The van der Waals surface area contributed by atoms with Gasteiger partial charge in [0.25, 0.3) is 0 Å². The molecular formula is C19H15BrFNO2. The van der Waals surface area contributed by atoms with Crippen molar-refractivity contribution in [3.05, 3.63) is 75.5 Å². The quantitative estimate of drug-likeness (QED) is 0.703. The number of hydrogen-bond donors (Lipinski definition) is 2. The first kappa shape index (κ1) is 15.4. The number of nitrogens with one attached hydrogen (secondary N) is 1. The largest absolute Gasteiger partial charge is 0.478 e. The Kier molecular flexibility index (Phi) is 3.68. The normalized spacial score (nSPS) is 24.2. The summed E-state index contributed by atoms with van der Waals surface area (Å²) < 4.78 is 14.0. The number of aromatic carboxylic acids is 1. The molecule has 2 aromatic rings. The summed E-state index contributed by atoms with van der Waals surface area (Å²) in [5.74, 6) is -0.782. The second-order valence-electron chi connectivity index (χ2n) is 6.25. The smallest absolute Gasteiger partial charge is 0.337 e. The molecule has 0 unspecified atom stereocenters. The number of rotatable bonds is 2. The van der Waals surface area contributed by atoms with Crippen molar-refractivity contribution in [1.82, 2.24) is 0 Å². The summed E-state index contributed by atoms with van der Waals surface area (Å²) in [6.45, 7) is 0. The molecular weight excluding hydrogens is 373 g/mol. The van der Waals surface area contributed by atoms with Crippen molar-refractivity contribution >= 4 is 27.6 Å². The Morgan fingerprint density at radius 2 is 2.00 bits per heavy atom. The number of carboxylic acids is 1. The van der Waals surface area contributed by atoms with Crippen LogP contribution in [0.15, 0.2) is 53.0 Å². The Bertz CT molecular complexity index is 847. The lowest BCUT2D eigenvalue weighted by atomic mass is 9.76. The molecule has 4 rings (SSSR count). The monoisotopic (exact) mass is 387 g/mol. The predicted octanol–water partition coefficient (Wildman–Crippen LogP) is 5.11. The van der Waals surface area contributed by atoms with Crippen LogP contribution in [0.1, 0.15) is 39.9 Å². The molecule has 2 aromatic carbocycles. The lowest BCUT2D eigenvalue weighted by molar-refractivity contribution is 0.0697. The third kappa shape index (κ3) is 2.44. The highest BCUT2D eigenvalue weighted by Crippen LogP contribution is 2.51. The number of hydrogen-bond acceptors (Lipinski definition) is 2. The number of anilines is 1. The first-order chi connectivity index (χ1) is 11.5. The molecule has 0 saturated carbocycles. The Balaban J connectivity index is 1.86. The van der Waals surface area contributed by atoms with E-state index in [1.807, 2.05) is 6.07 Å². The molecule has 1 aliphatic heterocycles. The fourth-order valence-corrected chi connectivity index (χ4v) is 4.31. The predicted molar refractivity (Wildman–Crippen MR) is 93.9 cm³/mol. The number of benzene rings is 2. The Morgan fingerprint density at radius 1 is 1.25 bits per heavy atom. The molecule has 0 amide bonds. The fourth-order valence-electron chi connectivity index (χ4n) is 3.83. The van der Waals surface area contributed by atoms with Crippen molar-refractivity contribution < 1.29 is 14.3 Å². The number of carbonyl (C=O) groups is 1. The molecule has 2 aliphatic rings. The Labute approximate surface area is 147 Å². The summed E-state index contributed by atoms with van der Waals surface area (Å²) in [6, 6.07) is 10.0. The second kappa shape index (κ2) is 5.74. The van der Waals surface area contributed by atoms with Gasteiger partial charge in [-0.05, 0) is 47.7 Å². The second-order valence-corrected chi connectivity index (χ2v) is 7.17. The SMILES string of the molecule is O=C(O)c1cc(Br)cc2c1N[C@H](c1ccc(F)cc1)[C@@H]1CC=C[C@H]21. The minimum absolute atomic E-state index is 0.0441. The molecule has 24 heavy (non-hydrogen) atoms. The van der Waals surface area contributed by atoms with Gasteiger partial charge in [0.15, 0.2) is 0 Å². The van der Waals surface area contributed by atoms with Crippen LogP contribution in [-0.2, 0) is 0 Å². The van der Waals surface area contributed by atoms with Crippen LogP contribution in [0.3, 0.4) is 0 Å². The summed E-state index contributed by atoms with van der Waals surface area (Å²) in [7, 11) is 0. The number of fused-ring (bicyclic) bond motifs is 3. The number of carboxylic acid groups (broad SMARTS) is 1. The van der Waals surface area contributed by atoms with E-state index in [0.29, 0.717) is 11.6 Å². The molecule has 0 saturated heterocycles. The highest BCUT2D eigenvalue weighted by molar-refractivity contribution is 9.10. The standard InChI is InChI=1S/C19H15BrFNO2/c20-11-8-15-13-2-1-3-14(13)17(10-4-6-12(21)7-5-10)22-18(15)16(9-11)19(23)24/h1-2,4-9,13-14,17,22H,3H2,(H,23,24)/t13-,14+,17+/m0/s1. The van der Waals surface area contributed by atoms with Crippen LogP contribution >= 0.6 is 15.9 Å². The van der Waals surface area contributed by atoms with Crippen LogP contribution in [0.2, 0.25) is 0 Å². The third-order valence-electron chi connectivity index (χ3n) is 4.89. The van der Waals surface area contributed by atoms with Crippen molar-refractivity contribution in [2.75, 3.05) is 5.32 Å². The molecule has 3 atom stereocenters. The van der Waals surface area contributed by atoms with Gasteiger partial charge in [0.05, 0.1) is 17.3 Å². The average Bonchev–Trinajstić information content (AvgIpc) is 3.04. The van der Waals surface area contributed by atoms with Crippen LogP contribution in [-0.4, -0.2) is 11.1 Å². The molecule has 5 heteroatoms. The molecule has 0 fully saturated rings. The topological polar surface area (TPSA) is 49.3 Å². The maximum Gasteiger partial charge on any atom is 0.337 e. The van der Waals surface area contributed by atoms with E-state index in [1.165, 1.54) is 12.1 Å². The van der Waals surface area contributed by atoms with E-state index in [0.717, 1.165) is 22.0 Å². The van der Waals surface area contributed by atoms with Gasteiger partial charge in [-0.3, -0.25) is 0 Å². The van der Waals surface area contributed by atoms with E-state index in [-0.39, 0.29) is 23.3 Å². The van der Waals surface area contributed by atoms with Crippen molar-refractivity contribution in [3.8, 4) is 0 Å². The van der Waals surface area contributed by atoms with E-state index >= 15 is 0 Å². The van der Waals surface area contributed by atoms with Crippen molar-refractivity contribution in [3.63, 3.8) is 0 Å². The van der Waals surface area contributed by atoms with Crippen LogP contribution < -0.4 is 5.32 Å². The zero-order valence-electron chi connectivity index (χ0n) is 12.7. The van der Waals surface area contributed by atoms with Gasteiger partial charge in [0.2, 0.25) is 0 Å². The molecule has 3 nitrogen and oxygen atoms in total. The highest BCUT2D eigenvalue weighted by atomic mass is 79.9. The minimum Gasteiger partial charge on any atom is -0.478 e. The van der Waals surface area contributed by atoms with E-state index in [1.54, 1.807) is 18.2 Å². The summed E-state index contributed by atoms with van der Waals surface area (Å²) >= 11 is 3.42. The molecule has 1 heterocycles. The molecule has 122 valence electrons. The zero-order valence-corrected chi connectivity index (χ0v) is 14.3. The van der Waals surface area contributed by atoms with E-state index in [4.69, 9.17) is 0 Å². The van der Waals surface area contributed by atoms with Gasteiger partial charge in [0, 0.05) is 10.4 Å². The Morgan fingerprint density at radius 3 is 2.71 bits per heavy atom. The average molecular weight is 388 g/mol. The first-order valence-corrected chi connectivity index (χ1v) is 8.59. The summed E-state index contributed by atoms with van der Waals surface area (Å²) in [6.07, 6.45) is 5.21. The van der Waals surface area contributed by atoms with E-state index in [2.05, 4.69) is 33.4 Å². The minimum atomic E-state index is -0.960. The van der Waals surface area contributed by atoms with Gasteiger partial charge in [-0.15, -0.1) is 0 Å². The molecule has 2 N–H and O–H groups in total. The van der Waals surface area contributed by atoms with Gasteiger partial charge in [-0.25, -0.2) is 9.18 Å². The lowest BCUT2D eigenvalue weighted by Crippen LogP contribution is -2.30. The number of allylic oxidation sites excluding steroid dienone is 2. The maximum absolute atomic E-state index is 13.3. The summed E-state index contributed by atoms with van der Waals surface area (Å²) in [5.41, 5.74) is 2.89. The zero-order chi connectivity index (χ0) is 16.8.